The molecule has 0 heterocycles. The lowest BCUT2D eigenvalue weighted by molar-refractivity contribution is 0.541. The highest BCUT2D eigenvalue weighted by molar-refractivity contribution is 5.19. The van der Waals surface area contributed by atoms with Crippen LogP contribution in [0.3, 0.4) is 0 Å². The van der Waals surface area contributed by atoms with Gasteiger partial charge in [0.2, 0.25) is 0 Å². The summed E-state index contributed by atoms with van der Waals surface area (Å²) in [6, 6.07) is 0. The Kier molecular flexibility index (Phi) is 2.65. The van der Waals surface area contributed by atoms with Crippen molar-refractivity contribution < 1.29 is 0 Å². The van der Waals surface area contributed by atoms with Crippen molar-refractivity contribution in [2.24, 2.45) is 5.92 Å². The van der Waals surface area contributed by atoms with E-state index in [1.54, 1.807) is 5.57 Å². The van der Waals surface area contributed by atoms with E-state index >= 15 is 0 Å². The van der Waals surface area contributed by atoms with Crippen molar-refractivity contribution in [2.75, 3.05) is 0 Å². The molecule has 1 saturated carbocycles. The highest BCUT2D eigenvalue weighted by Crippen LogP contribution is 2.29. The van der Waals surface area contributed by atoms with Crippen LogP contribution in [-0.4, -0.2) is 0 Å². The molecule has 0 aromatic rings. The van der Waals surface area contributed by atoms with Gasteiger partial charge >= 0.3 is 0 Å². The Morgan fingerprint density at radius 1 is 1.08 bits per heavy atom. The molecular formula is C12H18. The number of fused-ring (bicyclic) bond motifs is 2. The van der Waals surface area contributed by atoms with E-state index in [9.17, 15) is 0 Å². The van der Waals surface area contributed by atoms with E-state index in [1.165, 1.54) is 44.9 Å². The summed E-state index contributed by atoms with van der Waals surface area (Å²) in [5.74, 6) is 0.878. The molecular weight excluding hydrogens is 144 g/mol. The van der Waals surface area contributed by atoms with Crippen LogP contribution in [0.15, 0.2) is 23.8 Å². The van der Waals surface area contributed by atoms with Crippen LogP contribution in [0.4, 0.5) is 0 Å². The van der Waals surface area contributed by atoms with Crippen LogP contribution in [0.5, 0.6) is 0 Å². The lowest BCUT2D eigenvalue weighted by Gasteiger charge is -2.16. The molecule has 0 amide bonds. The van der Waals surface area contributed by atoms with Gasteiger partial charge < -0.3 is 0 Å². The van der Waals surface area contributed by atoms with Gasteiger partial charge in [0, 0.05) is 0 Å². The highest BCUT2D eigenvalue weighted by atomic mass is 14.2. The Morgan fingerprint density at radius 2 is 2.00 bits per heavy atom. The first-order valence-corrected chi connectivity index (χ1v) is 5.31. The van der Waals surface area contributed by atoms with Gasteiger partial charge in [-0.05, 0) is 31.6 Å². The number of hydrogen-bond donors (Lipinski definition) is 0. The van der Waals surface area contributed by atoms with Crippen molar-refractivity contribution in [3.05, 3.63) is 23.8 Å². The van der Waals surface area contributed by atoms with E-state index in [0.717, 1.165) is 5.92 Å². The molecule has 0 N–H and O–H groups in total. The largest absolute Gasteiger partial charge is 0.0811 e. The van der Waals surface area contributed by atoms with Crippen molar-refractivity contribution in [2.45, 2.75) is 44.9 Å². The topological polar surface area (TPSA) is 0 Å². The average molecular weight is 162 g/mol. The van der Waals surface area contributed by atoms with E-state index in [-0.39, 0.29) is 0 Å². The Morgan fingerprint density at radius 3 is 3.00 bits per heavy atom. The molecule has 2 aliphatic rings. The molecule has 2 bridgehead atoms. The molecule has 0 aromatic heterocycles. The quantitative estimate of drug-likeness (QED) is 0.507. The summed E-state index contributed by atoms with van der Waals surface area (Å²) in [7, 11) is 0. The third kappa shape index (κ3) is 2.00. The summed E-state index contributed by atoms with van der Waals surface area (Å²) in [6.07, 6.45) is 16.9. The zero-order chi connectivity index (χ0) is 8.23. The van der Waals surface area contributed by atoms with Crippen molar-refractivity contribution in [1.29, 1.82) is 0 Å². The number of rotatable bonds is 0. The first kappa shape index (κ1) is 8.10. The molecule has 1 atom stereocenters. The van der Waals surface area contributed by atoms with Gasteiger partial charge in [-0.15, -0.1) is 0 Å². The Bertz CT molecular complexity index is 198. The van der Waals surface area contributed by atoms with Crippen molar-refractivity contribution in [3.8, 4) is 0 Å². The minimum atomic E-state index is 0.878. The predicted molar refractivity (Wildman–Crippen MR) is 53.0 cm³/mol. The maximum Gasteiger partial charge on any atom is -0.0193 e. The Balaban J connectivity index is 2.03. The van der Waals surface area contributed by atoms with Crippen LogP contribution >= 0.6 is 0 Å². The molecule has 1 unspecified atom stereocenters. The fourth-order valence-electron chi connectivity index (χ4n) is 2.32. The normalized spacial score (nSPS) is 30.0. The summed E-state index contributed by atoms with van der Waals surface area (Å²) in [4.78, 5) is 0. The summed E-state index contributed by atoms with van der Waals surface area (Å²) in [6.45, 7) is 0. The minimum absolute atomic E-state index is 0.878. The monoisotopic (exact) mass is 162 g/mol. The molecule has 0 nitrogen and oxygen atoms in total. The van der Waals surface area contributed by atoms with Gasteiger partial charge in [0.05, 0.1) is 0 Å². The highest BCUT2D eigenvalue weighted by Gasteiger charge is 2.12. The van der Waals surface area contributed by atoms with Gasteiger partial charge in [-0.2, -0.15) is 0 Å². The van der Waals surface area contributed by atoms with Crippen molar-refractivity contribution in [1.82, 2.24) is 0 Å². The van der Waals surface area contributed by atoms with Crippen LogP contribution in [-0.2, 0) is 0 Å². The maximum absolute atomic E-state index is 2.40. The van der Waals surface area contributed by atoms with Crippen LogP contribution in [0, 0.1) is 5.92 Å². The molecule has 2 aliphatic carbocycles. The number of hydrogen-bond acceptors (Lipinski definition) is 0. The fraction of sp³-hybridized carbons (Fsp3) is 0.667. The van der Waals surface area contributed by atoms with Gasteiger partial charge in [0.25, 0.3) is 0 Å². The third-order valence-corrected chi connectivity index (χ3v) is 3.06. The molecule has 0 saturated heterocycles. The van der Waals surface area contributed by atoms with Gasteiger partial charge in [0.15, 0.2) is 0 Å². The van der Waals surface area contributed by atoms with E-state index < -0.39 is 0 Å². The molecule has 0 spiro atoms. The Labute approximate surface area is 75.4 Å². The van der Waals surface area contributed by atoms with Crippen LogP contribution < -0.4 is 0 Å². The van der Waals surface area contributed by atoms with E-state index in [4.69, 9.17) is 0 Å². The summed E-state index contributed by atoms with van der Waals surface area (Å²) in [5.41, 5.74) is 1.70. The molecule has 0 aromatic carbocycles. The first-order chi connectivity index (χ1) is 5.95. The molecule has 1 fully saturated rings. The maximum atomic E-state index is 2.40. The van der Waals surface area contributed by atoms with Crippen LogP contribution in [0.1, 0.15) is 44.9 Å². The minimum Gasteiger partial charge on any atom is -0.0811 e. The average Bonchev–Trinajstić information content (AvgIpc) is 2.17. The first-order valence-electron chi connectivity index (χ1n) is 5.31. The molecule has 66 valence electrons. The van der Waals surface area contributed by atoms with Gasteiger partial charge in [-0.25, -0.2) is 0 Å². The second-order valence-corrected chi connectivity index (χ2v) is 4.13. The van der Waals surface area contributed by atoms with E-state index in [1.807, 2.05) is 0 Å². The molecule has 0 heteroatoms. The molecule has 0 radical (unpaired) electrons. The van der Waals surface area contributed by atoms with Gasteiger partial charge in [0.1, 0.15) is 0 Å². The predicted octanol–water partition coefficient (Wildman–Crippen LogP) is 3.84. The SMILES string of the molecule is C1=CC2CCCCCCC(=C1)C2. The van der Waals surface area contributed by atoms with E-state index in [0.29, 0.717) is 0 Å². The molecule has 2 rings (SSSR count). The number of allylic oxidation sites excluding steroid dienone is 4. The second-order valence-electron chi connectivity index (χ2n) is 4.13. The smallest absolute Gasteiger partial charge is 0.0193 e. The van der Waals surface area contributed by atoms with Gasteiger partial charge in [-0.1, -0.05) is 43.1 Å². The van der Waals surface area contributed by atoms with Crippen LogP contribution in [0.25, 0.3) is 0 Å². The van der Waals surface area contributed by atoms with Crippen molar-refractivity contribution >= 4 is 0 Å². The van der Waals surface area contributed by atoms with E-state index in [2.05, 4.69) is 18.2 Å². The Hall–Kier alpha value is -0.520. The zero-order valence-electron chi connectivity index (χ0n) is 7.76. The molecule has 0 aliphatic heterocycles. The summed E-state index contributed by atoms with van der Waals surface area (Å²) in [5, 5.41) is 0. The van der Waals surface area contributed by atoms with Crippen molar-refractivity contribution in [3.63, 3.8) is 0 Å². The lowest BCUT2D eigenvalue weighted by Crippen LogP contribution is -2.00. The fourth-order valence-corrected chi connectivity index (χ4v) is 2.32. The summed E-state index contributed by atoms with van der Waals surface area (Å²) < 4.78 is 0. The third-order valence-electron chi connectivity index (χ3n) is 3.06. The lowest BCUT2D eigenvalue weighted by atomic mass is 9.90. The standard InChI is InChI=1S/C12H18/c1-2-4-7-12-9-5-8-11(10-12)6-3-1/h5,8-9,11H,1-4,6-7,10H2. The molecule has 12 heavy (non-hydrogen) atoms. The summed E-state index contributed by atoms with van der Waals surface area (Å²) >= 11 is 0. The van der Waals surface area contributed by atoms with Gasteiger partial charge in [-0.3, -0.25) is 0 Å². The zero-order valence-corrected chi connectivity index (χ0v) is 7.76. The second kappa shape index (κ2) is 3.93. The van der Waals surface area contributed by atoms with Crippen LogP contribution in [0.2, 0.25) is 0 Å².